The molecule has 1 aliphatic heterocycles. The summed E-state index contributed by atoms with van der Waals surface area (Å²) in [4.78, 5) is 26.8. The molecule has 1 saturated heterocycles. The molecule has 1 aromatic heterocycles. The van der Waals surface area contributed by atoms with Crippen LogP contribution in [0.5, 0.6) is 5.75 Å². The first-order valence-corrected chi connectivity index (χ1v) is 5.95. The predicted octanol–water partition coefficient (Wildman–Crippen LogP) is 1.36. The van der Waals surface area contributed by atoms with Crippen LogP contribution in [0.1, 0.15) is 13.8 Å². The molecule has 1 fully saturated rings. The van der Waals surface area contributed by atoms with Gasteiger partial charge in [-0.05, 0) is 0 Å². The molecule has 0 radical (unpaired) electrons. The van der Waals surface area contributed by atoms with Crippen LogP contribution in [-0.2, 0) is 19.1 Å². The third-order valence-corrected chi connectivity index (χ3v) is 2.53. The number of methoxy groups -OCH3 is 1. The van der Waals surface area contributed by atoms with E-state index in [1.165, 1.54) is 33.2 Å². The van der Waals surface area contributed by atoms with Gasteiger partial charge in [-0.3, -0.25) is 0 Å². The van der Waals surface area contributed by atoms with Crippen LogP contribution in [0.25, 0.3) is 0 Å². The maximum atomic E-state index is 13.1. The van der Waals surface area contributed by atoms with E-state index in [0.717, 1.165) is 6.20 Å². The monoisotopic (exact) mass is 296 g/mol. The first-order valence-electron chi connectivity index (χ1n) is 5.95. The minimum atomic E-state index is -1.30. The summed E-state index contributed by atoms with van der Waals surface area (Å²) < 4.78 is 27.7. The van der Waals surface area contributed by atoms with Crippen molar-refractivity contribution in [3.05, 3.63) is 30.0 Å². The molecule has 0 amide bonds. The van der Waals surface area contributed by atoms with E-state index >= 15 is 0 Å². The lowest BCUT2D eigenvalue weighted by Crippen LogP contribution is -2.42. The van der Waals surface area contributed by atoms with Gasteiger partial charge in [0.05, 0.1) is 19.0 Å². The van der Waals surface area contributed by atoms with Crippen molar-refractivity contribution in [2.45, 2.75) is 19.6 Å². The largest absolute Gasteiger partial charge is 0.492 e. The van der Waals surface area contributed by atoms with Crippen LogP contribution in [0.15, 0.2) is 24.0 Å². The van der Waals surface area contributed by atoms with Gasteiger partial charge in [0.15, 0.2) is 11.3 Å². The summed E-state index contributed by atoms with van der Waals surface area (Å²) in [6, 6.07) is 1.32. The van der Waals surface area contributed by atoms with Gasteiger partial charge in [0.2, 0.25) is 0 Å². The van der Waals surface area contributed by atoms with Crippen LogP contribution < -0.4 is 10.1 Å². The number of halogens is 1. The zero-order valence-electron chi connectivity index (χ0n) is 11.6. The molecule has 2 rings (SSSR count). The summed E-state index contributed by atoms with van der Waals surface area (Å²) >= 11 is 0. The second-order valence-corrected chi connectivity index (χ2v) is 4.60. The number of hydrogen-bond donors (Lipinski definition) is 1. The average Bonchev–Trinajstić information content (AvgIpc) is 2.38. The van der Waals surface area contributed by atoms with Gasteiger partial charge in [0.25, 0.3) is 11.7 Å². The third-order valence-electron chi connectivity index (χ3n) is 2.53. The highest BCUT2D eigenvalue weighted by Gasteiger charge is 2.38. The second-order valence-electron chi connectivity index (χ2n) is 4.60. The quantitative estimate of drug-likeness (QED) is 0.390. The Morgan fingerprint density at radius 3 is 2.52 bits per heavy atom. The SMILES string of the molecule is COc1cc(NC=C2C(=O)OC(C)(C)OC2=O)cnc1F. The number of carbonyl (C=O) groups is 2. The molecular weight excluding hydrogens is 283 g/mol. The van der Waals surface area contributed by atoms with Crippen molar-refractivity contribution in [2.75, 3.05) is 12.4 Å². The molecule has 0 atom stereocenters. The summed E-state index contributed by atoms with van der Waals surface area (Å²) in [7, 11) is 1.29. The van der Waals surface area contributed by atoms with Gasteiger partial charge in [-0.2, -0.15) is 4.39 Å². The first-order chi connectivity index (χ1) is 9.82. The highest BCUT2D eigenvalue weighted by atomic mass is 19.1. The Kier molecular flexibility index (Phi) is 3.79. The van der Waals surface area contributed by atoms with Gasteiger partial charge in [0.1, 0.15) is 0 Å². The second kappa shape index (κ2) is 5.39. The number of carbonyl (C=O) groups excluding carboxylic acids is 2. The van der Waals surface area contributed by atoms with Gasteiger partial charge >= 0.3 is 11.9 Å². The number of esters is 2. The Hall–Kier alpha value is -2.64. The molecule has 112 valence electrons. The number of aromatic nitrogens is 1. The van der Waals surface area contributed by atoms with Crippen LogP contribution in [0.3, 0.4) is 0 Å². The summed E-state index contributed by atoms with van der Waals surface area (Å²) in [6.45, 7) is 2.89. The van der Waals surface area contributed by atoms with Crippen LogP contribution in [-0.4, -0.2) is 29.8 Å². The summed E-state index contributed by atoms with van der Waals surface area (Å²) in [5, 5.41) is 2.63. The molecular formula is C13H13FN2O5. The molecule has 1 aliphatic rings. The zero-order chi connectivity index (χ0) is 15.6. The van der Waals surface area contributed by atoms with Gasteiger partial charge in [0, 0.05) is 26.1 Å². The fourth-order valence-corrected chi connectivity index (χ4v) is 1.58. The van der Waals surface area contributed by atoms with E-state index in [1.807, 2.05) is 0 Å². The number of nitrogens with zero attached hydrogens (tertiary/aromatic N) is 1. The predicted molar refractivity (Wildman–Crippen MR) is 68.7 cm³/mol. The maximum Gasteiger partial charge on any atom is 0.350 e. The lowest BCUT2D eigenvalue weighted by atomic mass is 10.2. The zero-order valence-corrected chi connectivity index (χ0v) is 11.6. The maximum absolute atomic E-state index is 13.1. The van der Waals surface area contributed by atoms with E-state index in [4.69, 9.17) is 14.2 Å². The Bertz CT molecular complexity index is 605. The third kappa shape index (κ3) is 3.28. The summed E-state index contributed by atoms with van der Waals surface area (Å²) in [5.41, 5.74) is 0.0174. The molecule has 0 aromatic carbocycles. The normalized spacial score (nSPS) is 16.9. The lowest BCUT2D eigenvalue weighted by molar-refractivity contribution is -0.222. The number of pyridine rings is 1. The Morgan fingerprint density at radius 1 is 1.33 bits per heavy atom. The van der Waals surface area contributed by atoms with Crippen LogP contribution in [0.2, 0.25) is 0 Å². The fraction of sp³-hybridized carbons (Fsp3) is 0.308. The number of cyclic esters (lactones) is 2. The molecule has 8 heteroatoms. The molecule has 1 aromatic rings. The highest BCUT2D eigenvalue weighted by molar-refractivity contribution is 6.15. The number of nitrogens with one attached hydrogen (secondary N) is 1. The van der Waals surface area contributed by atoms with E-state index in [9.17, 15) is 14.0 Å². The van der Waals surface area contributed by atoms with Gasteiger partial charge in [-0.1, -0.05) is 0 Å². The smallest absolute Gasteiger partial charge is 0.350 e. The molecule has 0 bridgehead atoms. The number of rotatable bonds is 3. The van der Waals surface area contributed by atoms with Crippen molar-refractivity contribution in [3.8, 4) is 5.75 Å². The standard InChI is InChI=1S/C13H13FN2O5/c1-13(2)20-11(17)8(12(18)21-13)6-15-7-4-9(19-3)10(14)16-5-7/h4-6,15H,1-3H3. The molecule has 2 heterocycles. The minimum absolute atomic E-state index is 0.0756. The Morgan fingerprint density at radius 2 is 1.95 bits per heavy atom. The Balaban J connectivity index is 2.17. The van der Waals surface area contributed by atoms with Gasteiger partial charge in [-0.15, -0.1) is 0 Å². The van der Waals surface area contributed by atoms with E-state index in [-0.39, 0.29) is 11.3 Å². The average molecular weight is 296 g/mol. The summed E-state index contributed by atoms with van der Waals surface area (Å²) in [6.07, 6.45) is 2.28. The highest BCUT2D eigenvalue weighted by Crippen LogP contribution is 2.23. The van der Waals surface area contributed by atoms with Gasteiger partial charge < -0.3 is 19.5 Å². The molecule has 0 unspecified atom stereocenters. The van der Waals surface area contributed by atoms with Crippen LogP contribution >= 0.6 is 0 Å². The Labute approximate surface area is 119 Å². The fourth-order valence-electron chi connectivity index (χ4n) is 1.58. The van der Waals surface area contributed by atoms with Crippen molar-refractivity contribution < 1.29 is 28.2 Å². The van der Waals surface area contributed by atoms with E-state index < -0.39 is 23.7 Å². The van der Waals surface area contributed by atoms with Crippen molar-refractivity contribution in [3.63, 3.8) is 0 Å². The van der Waals surface area contributed by atoms with E-state index in [1.54, 1.807) is 0 Å². The minimum Gasteiger partial charge on any atom is -0.492 e. The number of ether oxygens (including phenoxy) is 3. The molecule has 0 saturated carbocycles. The number of hydrogen-bond acceptors (Lipinski definition) is 7. The molecule has 1 N–H and O–H groups in total. The topological polar surface area (TPSA) is 86.8 Å². The van der Waals surface area contributed by atoms with Crippen LogP contribution in [0.4, 0.5) is 10.1 Å². The lowest BCUT2D eigenvalue weighted by Gasteiger charge is -2.29. The van der Waals surface area contributed by atoms with Gasteiger partial charge in [-0.25, -0.2) is 14.6 Å². The molecule has 7 nitrogen and oxygen atoms in total. The molecule has 0 spiro atoms. The van der Waals surface area contributed by atoms with E-state index in [2.05, 4.69) is 10.3 Å². The van der Waals surface area contributed by atoms with Crippen LogP contribution in [0, 0.1) is 5.95 Å². The van der Waals surface area contributed by atoms with E-state index in [0.29, 0.717) is 5.69 Å². The van der Waals surface area contributed by atoms with Crippen molar-refractivity contribution >= 4 is 17.6 Å². The van der Waals surface area contributed by atoms with Crippen molar-refractivity contribution in [2.24, 2.45) is 0 Å². The van der Waals surface area contributed by atoms with Crippen molar-refractivity contribution in [1.82, 2.24) is 4.98 Å². The molecule has 21 heavy (non-hydrogen) atoms. The van der Waals surface area contributed by atoms with Crippen molar-refractivity contribution in [1.29, 1.82) is 0 Å². The first kappa shape index (κ1) is 14.8. The summed E-state index contributed by atoms with van der Waals surface area (Å²) in [5.74, 6) is -3.77. The molecule has 0 aliphatic carbocycles. The number of anilines is 1.